The summed E-state index contributed by atoms with van der Waals surface area (Å²) in [4.78, 5) is 17.4. The molecule has 2 aromatic rings. The molecule has 2 fully saturated rings. The van der Waals surface area contributed by atoms with Crippen molar-refractivity contribution in [3.8, 4) is 0 Å². The number of carbonyl (C=O) groups is 1. The number of carbonyl (C=O) groups excluding carboxylic acids is 1. The highest BCUT2D eigenvalue weighted by Crippen LogP contribution is 2.29. The van der Waals surface area contributed by atoms with Crippen LogP contribution in [-0.4, -0.2) is 66.4 Å². The van der Waals surface area contributed by atoms with Crippen LogP contribution in [0.3, 0.4) is 0 Å². The van der Waals surface area contributed by atoms with Crippen LogP contribution in [0.1, 0.15) is 31.9 Å². The highest BCUT2D eigenvalue weighted by molar-refractivity contribution is 6.35. The topological polar surface area (TPSA) is 68.6 Å². The number of aryl methyl sites for hydroxylation is 1. The molecule has 1 aliphatic heterocycles. The van der Waals surface area contributed by atoms with Gasteiger partial charge in [-0.25, -0.2) is 0 Å². The standard InChI is InChI=1S/C16H20ClN3O2.C5H11NO/c1-22-6-2-5-19-10-15(17)14-8-18-12(7-16(14)19)9-20(11-21)13-3-4-13;1-5-4-6-2-3-7-5/h7-8,10-11,13H,2-6,9H2,1H3;5-6H,2-4H2,1H3. The van der Waals surface area contributed by atoms with Crippen LogP contribution in [0.5, 0.6) is 0 Å². The zero-order valence-electron chi connectivity index (χ0n) is 17.3. The lowest BCUT2D eigenvalue weighted by Gasteiger charge is -2.18. The van der Waals surface area contributed by atoms with Crippen LogP contribution in [0.2, 0.25) is 5.02 Å². The molecule has 29 heavy (non-hydrogen) atoms. The molecule has 2 aliphatic rings. The molecule has 1 saturated carbocycles. The van der Waals surface area contributed by atoms with Gasteiger partial charge < -0.3 is 24.3 Å². The Morgan fingerprint density at radius 1 is 1.48 bits per heavy atom. The Morgan fingerprint density at radius 3 is 2.90 bits per heavy atom. The first kappa shape index (κ1) is 22.0. The van der Waals surface area contributed by atoms with Crippen molar-refractivity contribution in [2.75, 3.05) is 33.4 Å². The van der Waals surface area contributed by atoms with Crippen molar-refractivity contribution in [1.29, 1.82) is 0 Å². The number of halogens is 1. The van der Waals surface area contributed by atoms with Gasteiger partial charge in [-0.1, -0.05) is 11.6 Å². The predicted molar refractivity (Wildman–Crippen MR) is 114 cm³/mol. The fourth-order valence-electron chi connectivity index (χ4n) is 3.38. The first-order chi connectivity index (χ1) is 14.1. The minimum Gasteiger partial charge on any atom is -0.385 e. The molecule has 1 unspecified atom stereocenters. The van der Waals surface area contributed by atoms with Crippen molar-refractivity contribution in [2.24, 2.45) is 0 Å². The molecule has 7 nitrogen and oxygen atoms in total. The average molecular weight is 423 g/mol. The highest BCUT2D eigenvalue weighted by atomic mass is 35.5. The summed E-state index contributed by atoms with van der Waals surface area (Å²) in [5, 5.41) is 4.87. The Hall–Kier alpha value is -1.67. The Bertz CT molecular complexity index is 788. The number of nitrogens with zero attached hydrogens (tertiary/aromatic N) is 3. The van der Waals surface area contributed by atoms with Crippen molar-refractivity contribution in [3.63, 3.8) is 0 Å². The fourth-order valence-corrected chi connectivity index (χ4v) is 3.64. The van der Waals surface area contributed by atoms with E-state index in [1.807, 2.05) is 17.2 Å². The van der Waals surface area contributed by atoms with Crippen LogP contribution in [0.15, 0.2) is 18.5 Å². The normalized spacial score (nSPS) is 18.9. The Kier molecular flexibility index (Phi) is 8.29. The van der Waals surface area contributed by atoms with E-state index in [-0.39, 0.29) is 0 Å². The first-order valence-corrected chi connectivity index (χ1v) is 10.7. The largest absolute Gasteiger partial charge is 0.385 e. The number of methoxy groups -OCH3 is 1. The van der Waals surface area contributed by atoms with Gasteiger partial charge in [-0.2, -0.15) is 0 Å². The molecule has 0 bridgehead atoms. The number of hydrogen-bond donors (Lipinski definition) is 1. The molecule has 0 radical (unpaired) electrons. The number of morpholine rings is 1. The second-order valence-corrected chi connectivity index (χ2v) is 8.01. The molecule has 1 N–H and O–H groups in total. The summed E-state index contributed by atoms with van der Waals surface area (Å²) in [5.74, 6) is 0. The maximum Gasteiger partial charge on any atom is 0.210 e. The van der Waals surface area contributed by atoms with Crippen molar-refractivity contribution >= 4 is 28.9 Å². The first-order valence-electron chi connectivity index (χ1n) is 10.3. The van der Waals surface area contributed by atoms with E-state index >= 15 is 0 Å². The van der Waals surface area contributed by atoms with Gasteiger partial charge in [0, 0.05) is 57.2 Å². The quantitative estimate of drug-likeness (QED) is 0.523. The van der Waals surface area contributed by atoms with Gasteiger partial charge in [0.15, 0.2) is 0 Å². The van der Waals surface area contributed by atoms with Crippen LogP contribution >= 0.6 is 11.6 Å². The molecule has 8 heteroatoms. The zero-order chi connectivity index (χ0) is 20.6. The van der Waals surface area contributed by atoms with Crippen LogP contribution < -0.4 is 5.32 Å². The second kappa shape index (κ2) is 10.9. The lowest BCUT2D eigenvalue weighted by Crippen LogP contribution is -2.36. The molecule has 1 amide bonds. The zero-order valence-corrected chi connectivity index (χ0v) is 18.0. The lowest BCUT2D eigenvalue weighted by molar-refractivity contribution is -0.119. The minimum absolute atomic E-state index is 0.395. The van der Waals surface area contributed by atoms with E-state index in [2.05, 4.69) is 21.8 Å². The number of amides is 1. The summed E-state index contributed by atoms with van der Waals surface area (Å²) in [6.45, 7) is 7.11. The van der Waals surface area contributed by atoms with Crippen LogP contribution in [0.25, 0.3) is 10.9 Å². The number of pyridine rings is 1. The van der Waals surface area contributed by atoms with E-state index in [1.165, 1.54) is 0 Å². The van der Waals surface area contributed by atoms with Gasteiger partial charge in [-0.15, -0.1) is 0 Å². The van der Waals surface area contributed by atoms with E-state index in [0.717, 1.165) is 75.1 Å². The summed E-state index contributed by atoms with van der Waals surface area (Å²) < 4.78 is 12.4. The van der Waals surface area contributed by atoms with Gasteiger partial charge in [0.05, 0.1) is 35.5 Å². The molecule has 1 saturated heterocycles. The SMILES string of the molecule is CC1CNCCO1.COCCCn1cc(Cl)c2cnc(CN(C=O)C3CC3)cc21. The Morgan fingerprint density at radius 2 is 2.31 bits per heavy atom. The summed E-state index contributed by atoms with van der Waals surface area (Å²) >= 11 is 6.28. The number of hydrogen-bond acceptors (Lipinski definition) is 5. The number of ether oxygens (including phenoxy) is 2. The van der Waals surface area contributed by atoms with E-state index in [4.69, 9.17) is 21.1 Å². The summed E-state index contributed by atoms with van der Waals surface area (Å²) in [7, 11) is 1.70. The predicted octanol–water partition coefficient (Wildman–Crippen LogP) is 2.84. The molecule has 1 atom stereocenters. The van der Waals surface area contributed by atoms with Crippen molar-refractivity contribution in [1.82, 2.24) is 19.8 Å². The van der Waals surface area contributed by atoms with Gasteiger partial charge >= 0.3 is 0 Å². The number of rotatable bonds is 8. The fraction of sp³-hybridized carbons (Fsp3) is 0.619. The van der Waals surface area contributed by atoms with Gasteiger partial charge in [0.2, 0.25) is 6.41 Å². The third-order valence-corrected chi connectivity index (χ3v) is 5.43. The third-order valence-electron chi connectivity index (χ3n) is 5.13. The van der Waals surface area contributed by atoms with Crippen LogP contribution in [-0.2, 0) is 27.4 Å². The smallest absolute Gasteiger partial charge is 0.210 e. The second-order valence-electron chi connectivity index (χ2n) is 7.60. The highest BCUT2D eigenvalue weighted by Gasteiger charge is 2.28. The maximum atomic E-state index is 11.2. The van der Waals surface area contributed by atoms with Crippen molar-refractivity contribution in [2.45, 2.75) is 51.4 Å². The van der Waals surface area contributed by atoms with Gasteiger partial charge in [0.25, 0.3) is 0 Å². The summed E-state index contributed by atoms with van der Waals surface area (Å²) in [5.41, 5.74) is 1.96. The van der Waals surface area contributed by atoms with Crippen LogP contribution in [0.4, 0.5) is 0 Å². The molecule has 0 spiro atoms. The molecular weight excluding hydrogens is 392 g/mol. The van der Waals surface area contributed by atoms with Gasteiger partial charge in [-0.3, -0.25) is 9.78 Å². The third kappa shape index (κ3) is 6.40. The Labute approximate surface area is 177 Å². The van der Waals surface area contributed by atoms with Crippen molar-refractivity contribution < 1.29 is 14.3 Å². The number of nitrogens with one attached hydrogen (secondary N) is 1. The number of aromatic nitrogens is 2. The molecule has 3 heterocycles. The monoisotopic (exact) mass is 422 g/mol. The maximum absolute atomic E-state index is 11.2. The summed E-state index contributed by atoms with van der Waals surface area (Å²) in [6.07, 6.45) is 8.21. The molecule has 160 valence electrons. The van der Waals surface area contributed by atoms with E-state index in [1.54, 1.807) is 13.3 Å². The van der Waals surface area contributed by atoms with Gasteiger partial charge in [-0.05, 0) is 32.3 Å². The lowest BCUT2D eigenvalue weighted by atomic mass is 10.2. The molecule has 4 rings (SSSR count). The van der Waals surface area contributed by atoms with E-state index in [9.17, 15) is 4.79 Å². The van der Waals surface area contributed by atoms with E-state index in [0.29, 0.717) is 23.7 Å². The number of fused-ring (bicyclic) bond motifs is 1. The average Bonchev–Trinajstić information content (AvgIpc) is 3.53. The molecule has 1 aliphatic carbocycles. The Balaban J connectivity index is 0.000000290. The van der Waals surface area contributed by atoms with Crippen LogP contribution in [0, 0.1) is 0 Å². The molecule has 0 aromatic carbocycles. The molecule has 2 aromatic heterocycles. The minimum atomic E-state index is 0.395. The summed E-state index contributed by atoms with van der Waals surface area (Å²) in [6, 6.07) is 2.43. The van der Waals surface area contributed by atoms with E-state index < -0.39 is 0 Å². The van der Waals surface area contributed by atoms with Gasteiger partial charge in [0.1, 0.15) is 0 Å². The molecular formula is C21H31ClN4O3. The van der Waals surface area contributed by atoms with Crippen molar-refractivity contribution in [3.05, 3.63) is 29.2 Å².